The predicted molar refractivity (Wildman–Crippen MR) is 84.1 cm³/mol. The van der Waals surface area contributed by atoms with Gasteiger partial charge >= 0.3 is 0 Å². The molecule has 0 atom stereocenters. The molecule has 21 heavy (non-hydrogen) atoms. The molecular formula is C17H16FNOS. The number of thiophene rings is 1. The molecule has 0 bridgehead atoms. The quantitative estimate of drug-likeness (QED) is 0.880. The maximum Gasteiger partial charge on any atom is 0.125 e. The Kier molecular flexibility index (Phi) is 4.23. The number of hydrogen-bond acceptors (Lipinski definition) is 3. The van der Waals surface area contributed by atoms with Gasteiger partial charge in [-0.1, -0.05) is 17.9 Å². The average Bonchev–Trinajstić information content (AvgIpc) is 3.08. The Morgan fingerprint density at radius 1 is 1.33 bits per heavy atom. The minimum Gasteiger partial charge on any atom is -0.395 e. The van der Waals surface area contributed by atoms with Crippen molar-refractivity contribution in [2.45, 2.75) is 19.4 Å². The summed E-state index contributed by atoms with van der Waals surface area (Å²) in [4.78, 5) is 3.40. The Bertz CT molecular complexity index is 698. The van der Waals surface area contributed by atoms with E-state index in [4.69, 9.17) is 5.11 Å². The summed E-state index contributed by atoms with van der Waals surface area (Å²) in [5.74, 6) is 5.88. The summed E-state index contributed by atoms with van der Waals surface area (Å²) in [5, 5.41) is 10.8. The molecule has 1 aromatic carbocycles. The van der Waals surface area contributed by atoms with Crippen molar-refractivity contribution in [3.05, 3.63) is 51.5 Å². The molecule has 1 aliphatic heterocycles. The Morgan fingerprint density at radius 2 is 2.24 bits per heavy atom. The van der Waals surface area contributed by atoms with Crippen LogP contribution in [0.2, 0.25) is 0 Å². The summed E-state index contributed by atoms with van der Waals surface area (Å²) >= 11 is 1.67. The van der Waals surface area contributed by atoms with Gasteiger partial charge in [-0.3, -0.25) is 0 Å². The van der Waals surface area contributed by atoms with E-state index in [2.05, 4.69) is 16.7 Å². The molecule has 0 spiro atoms. The van der Waals surface area contributed by atoms with Crippen LogP contribution >= 0.6 is 11.3 Å². The number of nitrogens with zero attached hydrogens (tertiary/aromatic N) is 1. The molecule has 0 aliphatic carbocycles. The lowest BCUT2D eigenvalue weighted by Gasteiger charge is -2.18. The van der Waals surface area contributed by atoms with E-state index in [9.17, 15) is 4.39 Å². The number of anilines is 1. The van der Waals surface area contributed by atoms with E-state index in [1.807, 2.05) is 17.5 Å². The van der Waals surface area contributed by atoms with E-state index in [1.165, 1.54) is 16.5 Å². The van der Waals surface area contributed by atoms with Crippen LogP contribution in [0.1, 0.15) is 22.4 Å². The minimum absolute atomic E-state index is 0.0885. The van der Waals surface area contributed by atoms with Crippen LogP contribution in [0.15, 0.2) is 29.6 Å². The third-order valence-electron chi connectivity index (χ3n) is 3.58. The third-order valence-corrected chi connectivity index (χ3v) is 4.48. The second kappa shape index (κ2) is 6.30. The fourth-order valence-corrected chi connectivity index (χ4v) is 3.39. The summed E-state index contributed by atoms with van der Waals surface area (Å²) < 4.78 is 13.4. The van der Waals surface area contributed by atoms with Crippen LogP contribution in [0.3, 0.4) is 0 Å². The van der Waals surface area contributed by atoms with E-state index < -0.39 is 0 Å². The monoisotopic (exact) mass is 301 g/mol. The highest BCUT2D eigenvalue weighted by atomic mass is 32.1. The number of aliphatic hydroxyl groups is 1. The SMILES string of the molecule is OCCC#Cc1ccsc1CN1CCc2ccc(F)cc21. The topological polar surface area (TPSA) is 23.5 Å². The van der Waals surface area contributed by atoms with Gasteiger partial charge in [-0.25, -0.2) is 4.39 Å². The second-order valence-corrected chi connectivity index (χ2v) is 5.98. The first-order valence-corrected chi connectivity index (χ1v) is 7.85. The molecule has 3 rings (SSSR count). The number of fused-ring (bicyclic) bond motifs is 1. The summed E-state index contributed by atoms with van der Waals surface area (Å²) in [7, 11) is 0. The lowest BCUT2D eigenvalue weighted by atomic mass is 10.1. The van der Waals surface area contributed by atoms with Crippen LogP contribution in [0.25, 0.3) is 0 Å². The molecule has 0 saturated heterocycles. The van der Waals surface area contributed by atoms with Crippen molar-refractivity contribution in [2.75, 3.05) is 18.1 Å². The van der Waals surface area contributed by atoms with Crippen molar-refractivity contribution in [3.63, 3.8) is 0 Å². The van der Waals surface area contributed by atoms with Crippen LogP contribution in [0, 0.1) is 17.7 Å². The number of aliphatic hydroxyl groups excluding tert-OH is 1. The van der Waals surface area contributed by atoms with Gasteiger partial charge in [0.25, 0.3) is 0 Å². The molecule has 2 heterocycles. The molecule has 4 heteroatoms. The summed E-state index contributed by atoms with van der Waals surface area (Å²) in [5.41, 5.74) is 3.22. The van der Waals surface area contributed by atoms with Crippen molar-refractivity contribution < 1.29 is 9.50 Å². The molecule has 0 saturated carbocycles. The fourth-order valence-electron chi connectivity index (χ4n) is 2.54. The maximum atomic E-state index is 13.4. The molecule has 1 N–H and O–H groups in total. The molecule has 2 aromatic rings. The first-order valence-electron chi connectivity index (χ1n) is 6.97. The van der Waals surface area contributed by atoms with Gasteiger partial charge in [0.1, 0.15) is 5.82 Å². The minimum atomic E-state index is -0.185. The summed E-state index contributed by atoms with van der Waals surface area (Å²) in [6.45, 7) is 1.77. The molecule has 0 unspecified atom stereocenters. The van der Waals surface area contributed by atoms with Crippen LogP contribution in [0.5, 0.6) is 0 Å². The lowest BCUT2D eigenvalue weighted by Crippen LogP contribution is -2.19. The molecule has 1 aromatic heterocycles. The van der Waals surface area contributed by atoms with Gasteiger partial charge in [0, 0.05) is 29.1 Å². The molecule has 108 valence electrons. The molecule has 0 radical (unpaired) electrons. The molecular weight excluding hydrogens is 285 g/mol. The van der Waals surface area contributed by atoms with Gasteiger partial charge in [0.05, 0.1) is 13.2 Å². The first kappa shape index (κ1) is 14.1. The van der Waals surface area contributed by atoms with Gasteiger partial charge in [-0.15, -0.1) is 11.3 Å². The molecule has 2 nitrogen and oxygen atoms in total. The smallest absolute Gasteiger partial charge is 0.125 e. The maximum absolute atomic E-state index is 13.4. The Morgan fingerprint density at radius 3 is 3.10 bits per heavy atom. The summed E-state index contributed by atoms with van der Waals surface area (Å²) in [6.07, 6.45) is 1.46. The normalized spacial score (nSPS) is 13.0. The highest BCUT2D eigenvalue weighted by molar-refractivity contribution is 7.10. The number of benzene rings is 1. The van der Waals surface area contributed by atoms with Crippen LogP contribution in [-0.4, -0.2) is 18.3 Å². The van der Waals surface area contributed by atoms with Gasteiger partial charge in [0.15, 0.2) is 0 Å². The Hall–Kier alpha value is -1.83. The number of hydrogen-bond donors (Lipinski definition) is 1. The number of halogens is 1. The highest BCUT2D eigenvalue weighted by Gasteiger charge is 2.20. The third kappa shape index (κ3) is 3.10. The predicted octanol–water partition coefficient (Wildman–Crippen LogP) is 3.18. The van der Waals surface area contributed by atoms with Crippen molar-refractivity contribution >= 4 is 17.0 Å². The van der Waals surface area contributed by atoms with Gasteiger partial charge in [0.2, 0.25) is 0 Å². The van der Waals surface area contributed by atoms with E-state index in [0.29, 0.717) is 6.42 Å². The standard InChI is InChI=1S/C17H16FNOS/c18-15-5-4-13-6-8-19(16(13)11-15)12-17-14(7-10-21-17)3-1-2-9-20/h4-5,7,10-11,20H,2,6,8-9,12H2. The van der Waals surface area contributed by atoms with E-state index in [0.717, 1.165) is 30.8 Å². The van der Waals surface area contributed by atoms with Crippen LogP contribution in [0.4, 0.5) is 10.1 Å². The van der Waals surface area contributed by atoms with Crippen LogP contribution in [-0.2, 0) is 13.0 Å². The van der Waals surface area contributed by atoms with E-state index >= 15 is 0 Å². The Labute approximate surface area is 127 Å². The zero-order valence-electron chi connectivity index (χ0n) is 11.6. The summed E-state index contributed by atoms with van der Waals surface area (Å²) in [6, 6.07) is 7.03. The lowest BCUT2D eigenvalue weighted by molar-refractivity contribution is 0.305. The van der Waals surface area contributed by atoms with E-state index in [-0.39, 0.29) is 12.4 Å². The first-order chi connectivity index (χ1) is 10.3. The highest BCUT2D eigenvalue weighted by Crippen LogP contribution is 2.31. The van der Waals surface area contributed by atoms with E-state index in [1.54, 1.807) is 17.4 Å². The molecule has 0 fully saturated rings. The van der Waals surface area contributed by atoms with Crippen molar-refractivity contribution in [1.82, 2.24) is 0 Å². The molecule has 1 aliphatic rings. The van der Waals surface area contributed by atoms with Gasteiger partial charge < -0.3 is 10.0 Å². The molecule has 0 amide bonds. The van der Waals surface area contributed by atoms with Gasteiger partial charge in [-0.05, 0) is 35.6 Å². The Balaban J connectivity index is 1.79. The van der Waals surface area contributed by atoms with Crippen LogP contribution < -0.4 is 4.90 Å². The average molecular weight is 301 g/mol. The van der Waals surface area contributed by atoms with Gasteiger partial charge in [-0.2, -0.15) is 0 Å². The van der Waals surface area contributed by atoms with Crippen molar-refractivity contribution in [1.29, 1.82) is 0 Å². The zero-order valence-corrected chi connectivity index (χ0v) is 12.4. The number of rotatable bonds is 3. The second-order valence-electron chi connectivity index (χ2n) is 4.98. The fraction of sp³-hybridized carbons (Fsp3) is 0.294. The van der Waals surface area contributed by atoms with Crippen molar-refractivity contribution in [2.24, 2.45) is 0 Å². The van der Waals surface area contributed by atoms with Crippen molar-refractivity contribution in [3.8, 4) is 11.8 Å². The zero-order chi connectivity index (χ0) is 14.7. The largest absolute Gasteiger partial charge is 0.395 e.